The Bertz CT molecular complexity index is 782. The van der Waals surface area contributed by atoms with E-state index in [-0.39, 0.29) is 12.3 Å². The van der Waals surface area contributed by atoms with Crippen LogP contribution in [0.1, 0.15) is 17.5 Å². The molecule has 1 aromatic carbocycles. The van der Waals surface area contributed by atoms with Gasteiger partial charge in [0.05, 0.1) is 30.2 Å². The summed E-state index contributed by atoms with van der Waals surface area (Å²) in [7, 11) is 0. The Morgan fingerprint density at radius 1 is 1.39 bits per heavy atom. The van der Waals surface area contributed by atoms with E-state index in [4.69, 9.17) is 26.3 Å². The van der Waals surface area contributed by atoms with Gasteiger partial charge in [-0.15, -0.1) is 11.3 Å². The molecule has 3 rings (SSSR count). The molecule has 0 atom stereocenters. The van der Waals surface area contributed by atoms with Gasteiger partial charge in [-0.3, -0.25) is 4.79 Å². The van der Waals surface area contributed by atoms with Crippen LogP contribution >= 0.6 is 22.9 Å². The summed E-state index contributed by atoms with van der Waals surface area (Å²) >= 11 is 7.53. The number of hydrogen-bond donors (Lipinski definition) is 1. The summed E-state index contributed by atoms with van der Waals surface area (Å²) in [6, 6.07) is 7.18. The maximum Gasteiger partial charge on any atom is 0.229 e. The Kier molecular flexibility index (Phi) is 4.70. The van der Waals surface area contributed by atoms with Crippen LogP contribution in [-0.2, 0) is 11.2 Å². The summed E-state index contributed by atoms with van der Waals surface area (Å²) in [6.07, 6.45) is 0.926. The molecule has 0 saturated heterocycles. The first kappa shape index (κ1) is 15.7. The fourth-order valence-corrected chi connectivity index (χ4v) is 3.28. The number of hydrogen-bond acceptors (Lipinski definition) is 5. The van der Waals surface area contributed by atoms with Crippen LogP contribution in [0.25, 0.3) is 0 Å². The molecule has 1 aliphatic rings. The average Bonchev–Trinajstić information content (AvgIpc) is 2.81. The topological polar surface area (TPSA) is 71.4 Å². The van der Waals surface area contributed by atoms with Crippen LogP contribution in [0.3, 0.4) is 0 Å². The summed E-state index contributed by atoms with van der Waals surface area (Å²) in [5, 5.41) is 14.5. The van der Waals surface area contributed by atoms with Crippen molar-refractivity contribution in [2.24, 2.45) is 0 Å². The van der Waals surface area contributed by atoms with Gasteiger partial charge in [0.1, 0.15) is 11.1 Å². The number of nitrogens with one attached hydrogen (secondary N) is 1. The van der Waals surface area contributed by atoms with Crippen LogP contribution in [0.4, 0.5) is 5.00 Å². The first-order valence-electron chi connectivity index (χ1n) is 7.03. The zero-order valence-corrected chi connectivity index (χ0v) is 13.7. The van der Waals surface area contributed by atoms with Crippen molar-refractivity contribution in [1.82, 2.24) is 0 Å². The number of rotatable bonds is 3. The number of thiophene rings is 1. The highest BCUT2D eigenvalue weighted by Gasteiger charge is 2.17. The van der Waals surface area contributed by atoms with E-state index in [1.54, 1.807) is 23.6 Å². The number of nitriles is 1. The van der Waals surface area contributed by atoms with E-state index < -0.39 is 0 Å². The van der Waals surface area contributed by atoms with Crippen LogP contribution < -0.4 is 14.8 Å². The molecule has 2 aromatic rings. The van der Waals surface area contributed by atoms with Crippen molar-refractivity contribution >= 4 is 33.8 Å². The lowest BCUT2D eigenvalue weighted by atomic mass is 10.1. The van der Waals surface area contributed by atoms with Gasteiger partial charge in [-0.25, -0.2) is 0 Å². The smallest absolute Gasteiger partial charge is 0.229 e. The van der Waals surface area contributed by atoms with E-state index in [9.17, 15) is 4.79 Å². The molecular formula is C16H13ClN2O3S. The Morgan fingerprint density at radius 2 is 2.22 bits per heavy atom. The predicted molar refractivity (Wildman–Crippen MR) is 88.4 cm³/mol. The summed E-state index contributed by atoms with van der Waals surface area (Å²) in [6.45, 7) is 1.11. The van der Waals surface area contributed by atoms with Gasteiger partial charge in [-0.1, -0.05) is 11.6 Å². The molecule has 1 N–H and O–H groups in total. The van der Waals surface area contributed by atoms with Crippen molar-refractivity contribution in [2.45, 2.75) is 12.8 Å². The number of halogens is 1. The number of fused-ring (bicyclic) bond motifs is 1. The van der Waals surface area contributed by atoms with E-state index in [1.165, 1.54) is 11.3 Å². The molecule has 0 unspecified atom stereocenters. The molecule has 0 radical (unpaired) electrons. The predicted octanol–water partition coefficient (Wildman–Crippen LogP) is 3.62. The monoisotopic (exact) mass is 348 g/mol. The normalized spacial score (nSPS) is 13.0. The molecule has 7 heteroatoms. The number of anilines is 1. The number of amides is 1. The average molecular weight is 349 g/mol. The molecule has 0 saturated carbocycles. The fourth-order valence-electron chi connectivity index (χ4n) is 2.24. The zero-order valence-electron chi connectivity index (χ0n) is 12.1. The lowest BCUT2D eigenvalue weighted by Gasteiger charge is -2.11. The molecule has 0 fully saturated rings. The third-order valence-electron chi connectivity index (χ3n) is 3.27. The molecule has 0 spiro atoms. The van der Waals surface area contributed by atoms with Crippen LogP contribution in [-0.4, -0.2) is 19.1 Å². The zero-order chi connectivity index (χ0) is 16.2. The molecule has 1 amide bonds. The molecule has 2 heterocycles. The van der Waals surface area contributed by atoms with Crippen molar-refractivity contribution in [3.05, 3.63) is 39.7 Å². The second-order valence-corrected chi connectivity index (χ2v) is 6.28. The number of nitrogens with zero attached hydrogens (tertiary/aromatic N) is 1. The minimum absolute atomic E-state index is 0.138. The van der Waals surface area contributed by atoms with Gasteiger partial charge in [0.15, 0.2) is 11.5 Å². The third-order valence-corrected chi connectivity index (χ3v) is 4.38. The Labute approximate surface area is 142 Å². The first-order valence-corrected chi connectivity index (χ1v) is 8.28. The summed E-state index contributed by atoms with van der Waals surface area (Å²) in [4.78, 5) is 12.2. The number of carbonyl (C=O) groups excluding carboxylic acids is 1. The van der Waals surface area contributed by atoms with Crippen LogP contribution in [0, 0.1) is 11.3 Å². The maximum absolute atomic E-state index is 12.2. The standard InChI is InChI=1S/C16H13ClN2O3S/c17-12-6-10(7-13-15(12)22-4-1-3-21-13)8-14(20)19-16-11(9-18)2-5-23-16/h2,5-7H,1,3-4,8H2,(H,19,20). The minimum Gasteiger partial charge on any atom is -0.489 e. The van der Waals surface area contributed by atoms with Crippen molar-refractivity contribution in [2.75, 3.05) is 18.5 Å². The summed E-state index contributed by atoms with van der Waals surface area (Å²) in [5.41, 5.74) is 1.19. The molecule has 1 aliphatic heterocycles. The maximum atomic E-state index is 12.2. The van der Waals surface area contributed by atoms with E-state index in [0.29, 0.717) is 40.3 Å². The summed E-state index contributed by atoms with van der Waals surface area (Å²) < 4.78 is 11.2. The lowest BCUT2D eigenvalue weighted by molar-refractivity contribution is -0.115. The van der Waals surface area contributed by atoms with Crippen molar-refractivity contribution in [3.8, 4) is 17.6 Å². The van der Waals surface area contributed by atoms with Gasteiger partial charge >= 0.3 is 0 Å². The molecule has 5 nitrogen and oxygen atoms in total. The Hall–Kier alpha value is -2.23. The highest BCUT2D eigenvalue weighted by molar-refractivity contribution is 7.14. The highest BCUT2D eigenvalue weighted by Crippen LogP contribution is 2.38. The van der Waals surface area contributed by atoms with Gasteiger partial charge in [0.2, 0.25) is 5.91 Å². The van der Waals surface area contributed by atoms with Gasteiger partial charge in [0, 0.05) is 6.42 Å². The SMILES string of the molecule is N#Cc1ccsc1NC(=O)Cc1cc(Cl)c2c(c1)OCCCO2. The van der Waals surface area contributed by atoms with Gasteiger partial charge in [-0.05, 0) is 29.1 Å². The largest absolute Gasteiger partial charge is 0.489 e. The van der Waals surface area contributed by atoms with E-state index in [0.717, 1.165) is 12.0 Å². The number of carbonyl (C=O) groups is 1. The van der Waals surface area contributed by atoms with E-state index >= 15 is 0 Å². The second-order valence-electron chi connectivity index (χ2n) is 4.96. The highest BCUT2D eigenvalue weighted by atomic mass is 35.5. The van der Waals surface area contributed by atoms with Gasteiger partial charge < -0.3 is 14.8 Å². The number of benzene rings is 1. The van der Waals surface area contributed by atoms with Gasteiger partial charge in [-0.2, -0.15) is 5.26 Å². The van der Waals surface area contributed by atoms with Gasteiger partial charge in [0.25, 0.3) is 0 Å². The van der Waals surface area contributed by atoms with Crippen LogP contribution in [0.2, 0.25) is 5.02 Å². The van der Waals surface area contributed by atoms with Crippen molar-refractivity contribution in [1.29, 1.82) is 5.26 Å². The van der Waals surface area contributed by atoms with Crippen molar-refractivity contribution < 1.29 is 14.3 Å². The number of ether oxygens (including phenoxy) is 2. The fraction of sp³-hybridized carbons (Fsp3) is 0.250. The van der Waals surface area contributed by atoms with Crippen molar-refractivity contribution in [3.63, 3.8) is 0 Å². The third kappa shape index (κ3) is 3.58. The molecular weight excluding hydrogens is 336 g/mol. The minimum atomic E-state index is -0.213. The Balaban J connectivity index is 1.75. The van der Waals surface area contributed by atoms with Crippen LogP contribution in [0.15, 0.2) is 23.6 Å². The second kappa shape index (κ2) is 6.90. The van der Waals surface area contributed by atoms with E-state index in [1.807, 2.05) is 6.07 Å². The molecule has 0 bridgehead atoms. The summed E-state index contributed by atoms with van der Waals surface area (Å²) in [5.74, 6) is 0.875. The molecule has 118 valence electrons. The van der Waals surface area contributed by atoms with Crippen LogP contribution in [0.5, 0.6) is 11.5 Å². The lowest BCUT2D eigenvalue weighted by Crippen LogP contribution is -2.14. The quantitative estimate of drug-likeness (QED) is 0.919. The Morgan fingerprint density at radius 3 is 3.04 bits per heavy atom. The molecule has 1 aromatic heterocycles. The van der Waals surface area contributed by atoms with E-state index in [2.05, 4.69) is 5.32 Å². The molecule has 0 aliphatic carbocycles. The molecule has 23 heavy (non-hydrogen) atoms. The first-order chi connectivity index (χ1) is 11.2.